The Morgan fingerprint density at radius 3 is 2.50 bits per heavy atom. The molecule has 5 nitrogen and oxygen atoms in total. The standard InChI is InChI=1S/C19H25NO4/c1-2-8-15-13-17(22)14-16(9-6-7-12-21)20(15)19(23)24-18-10-4-3-5-11-18/h3-5,10-12,15-16H,2,6-9,13-14H2,1H3/t15-,16+/m0/s1. The quantitative estimate of drug-likeness (QED) is 0.564. The Bertz CT molecular complexity index is 558. The van der Waals surface area contributed by atoms with Gasteiger partial charge in [-0.15, -0.1) is 0 Å². The molecule has 0 aliphatic carbocycles. The SMILES string of the molecule is CCC[C@H]1CC(=O)C[C@@H](CCCC=O)N1C(=O)Oc1ccccc1. The van der Waals surface area contributed by atoms with Crippen molar-refractivity contribution in [2.24, 2.45) is 0 Å². The van der Waals surface area contributed by atoms with E-state index in [4.69, 9.17) is 4.74 Å². The summed E-state index contributed by atoms with van der Waals surface area (Å²) >= 11 is 0. The average molecular weight is 331 g/mol. The number of piperidine rings is 1. The van der Waals surface area contributed by atoms with Crippen LogP contribution in [0.2, 0.25) is 0 Å². The van der Waals surface area contributed by atoms with Gasteiger partial charge in [0.15, 0.2) is 0 Å². The Morgan fingerprint density at radius 1 is 1.21 bits per heavy atom. The predicted molar refractivity (Wildman–Crippen MR) is 90.9 cm³/mol. The maximum Gasteiger partial charge on any atom is 0.415 e. The van der Waals surface area contributed by atoms with E-state index in [1.807, 2.05) is 25.1 Å². The number of carbonyl (C=O) groups is 3. The van der Waals surface area contributed by atoms with Gasteiger partial charge in [-0.05, 0) is 31.4 Å². The van der Waals surface area contributed by atoms with Crippen molar-refractivity contribution < 1.29 is 19.1 Å². The lowest BCUT2D eigenvalue weighted by atomic mass is 9.90. The predicted octanol–water partition coefficient (Wildman–Crippen LogP) is 3.76. The van der Waals surface area contributed by atoms with E-state index in [2.05, 4.69) is 0 Å². The third kappa shape index (κ3) is 4.91. The van der Waals surface area contributed by atoms with Crippen molar-refractivity contribution in [3.05, 3.63) is 30.3 Å². The summed E-state index contributed by atoms with van der Waals surface area (Å²) in [6.45, 7) is 2.04. The van der Waals surface area contributed by atoms with Gasteiger partial charge in [0.1, 0.15) is 17.8 Å². The fourth-order valence-corrected chi connectivity index (χ4v) is 3.30. The number of unbranched alkanes of at least 4 members (excludes halogenated alkanes) is 1. The minimum absolute atomic E-state index is 0.117. The van der Waals surface area contributed by atoms with Crippen LogP contribution < -0.4 is 4.74 Å². The maximum atomic E-state index is 12.7. The Hall–Kier alpha value is -2.17. The minimum atomic E-state index is -0.400. The van der Waals surface area contributed by atoms with E-state index >= 15 is 0 Å². The number of rotatable bonds is 7. The van der Waals surface area contributed by atoms with Crippen molar-refractivity contribution in [3.8, 4) is 5.75 Å². The summed E-state index contributed by atoms with van der Waals surface area (Å²) in [5.41, 5.74) is 0. The number of para-hydroxylation sites is 1. The van der Waals surface area contributed by atoms with Crippen LogP contribution >= 0.6 is 0 Å². The van der Waals surface area contributed by atoms with Crippen LogP contribution in [0.25, 0.3) is 0 Å². The summed E-state index contributed by atoms with van der Waals surface area (Å²) in [5, 5.41) is 0. The van der Waals surface area contributed by atoms with Gasteiger partial charge < -0.3 is 14.4 Å². The molecule has 0 spiro atoms. The molecular formula is C19H25NO4. The number of ketones is 1. The van der Waals surface area contributed by atoms with Crippen LogP contribution in [0.1, 0.15) is 51.9 Å². The number of ether oxygens (including phenoxy) is 1. The molecular weight excluding hydrogens is 306 g/mol. The summed E-state index contributed by atoms with van der Waals surface area (Å²) in [7, 11) is 0. The highest BCUT2D eigenvalue weighted by Gasteiger charge is 2.38. The molecule has 1 aromatic rings. The zero-order valence-corrected chi connectivity index (χ0v) is 14.1. The van der Waals surface area contributed by atoms with Gasteiger partial charge in [-0.1, -0.05) is 31.5 Å². The second-order valence-corrected chi connectivity index (χ2v) is 6.23. The molecule has 0 aromatic heterocycles. The zero-order chi connectivity index (χ0) is 17.4. The highest BCUT2D eigenvalue weighted by atomic mass is 16.6. The van der Waals surface area contributed by atoms with Gasteiger partial charge in [-0.3, -0.25) is 4.79 Å². The van der Waals surface area contributed by atoms with Crippen LogP contribution in [0.15, 0.2) is 30.3 Å². The molecule has 1 heterocycles. The number of nitrogens with zero attached hydrogens (tertiary/aromatic N) is 1. The van der Waals surface area contributed by atoms with Crippen molar-refractivity contribution in [1.82, 2.24) is 4.90 Å². The monoisotopic (exact) mass is 331 g/mol. The number of hydrogen-bond donors (Lipinski definition) is 0. The number of benzene rings is 1. The zero-order valence-electron chi connectivity index (χ0n) is 14.1. The van der Waals surface area contributed by atoms with E-state index in [-0.39, 0.29) is 17.9 Å². The highest BCUT2D eigenvalue weighted by molar-refractivity contribution is 5.83. The normalized spacial score (nSPS) is 20.7. The third-order valence-electron chi connectivity index (χ3n) is 4.35. The number of likely N-dealkylation sites (tertiary alicyclic amines) is 1. The summed E-state index contributed by atoms with van der Waals surface area (Å²) in [4.78, 5) is 37.1. The van der Waals surface area contributed by atoms with E-state index in [0.717, 1.165) is 19.1 Å². The lowest BCUT2D eigenvalue weighted by Gasteiger charge is -2.40. The van der Waals surface area contributed by atoms with Crippen molar-refractivity contribution in [2.75, 3.05) is 0 Å². The molecule has 1 saturated heterocycles. The molecule has 0 unspecified atom stereocenters. The molecule has 1 amide bonds. The topological polar surface area (TPSA) is 63.7 Å². The first-order valence-electron chi connectivity index (χ1n) is 8.66. The average Bonchev–Trinajstić information content (AvgIpc) is 2.56. The minimum Gasteiger partial charge on any atom is -0.410 e. The fourth-order valence-electron chi connectivity index (χ4n) is 3.30. The van der Waals surface area contributed by atoms with Crippen LogP contribution in [0.5, 0.6) is 5.75 Å². The Labute approximate surface area is 143 Å². The molecule has 0 bridgehead atoms. The Morgan fingerprint density at radius 2 is 1.88 bits per heavy atom. The van der Waals surface area contributed by atoms with E-state index in [0.29, 0.717) is 37.9 Å². The molecule has 2 rings (SSSR count). The fraction of sp³-hybridized carbons (Fsp3) is 0.526. The van der Waals surface area contributed by atoms with Gasteiger partial charge in [0.25, 0.3) is 0 Å². The third-order valence-corrected chi connectivity index (χ3v) is 4.35. The molecule has 1 aliphatic heterocycles. The first-order valence-corrected chi connectivity index (χ1v) is 8.66. The van der Waals surface area contributed by atoms with E-state index < -0.39 is 6.09 Å². The summed E-state index contributed by atoms with van der Waals surface area (Å²) in [6, 6.07) is 8.67. The molecule has 1 aromatic carbocycles. The van der Waals surface area contributed by atoms with Crippen LogP contribution in [0.3, 0.4) is 0 Å². The molecule has 24 heavy (non-hydrogen) atoms. The molecule has 0 radical (unpaired) electrons. The van der Waals surface area contributed by atoms with Crippen molar-refractivity contribution in [3.63, 3.8) is 0 Å². The van der Waals surface area contributed by atoms with E-state index in [1.165, 1.54) is 0 Å². The summed E-state index contributed by atoms with van der Waals surface area (Å²) in [6.07, 6.45) is 4.66. The molecule has 130 valence electrons. The first kappa shape index (κ1) is 18.2. The van der Waals surface area contributed by atoms with E-state index in [1.54, 1.807) is 17.0 Å². The largest absolute Gasteiger partial charge is 0.415 e. The second kappa shape index (κ2) is 9.21. The number of amides is 1. The Kier molecular flexibility index (Phi) is 6.97. The lowest BCUT2D eigenvalue weighted by Crippen LogP contribution is -2.53. The van der Waals surface area contributed by atoms with Gasteiger partial charge in [-0.2, -0.15) is 0 Å². The van der Waals surface area contributed by atoms with Gasteiger partial charge >= 0.3 is 6.09 Å². The van der Waals surface area contributed by atoms with Crippen molar-refractivity contribution in [2.45, 2.75) is 64.0 Å². The van der Waals surface area contributed by atoms with Gasteiger partial charge in [0.05, 0.1) is 0 Å². The van der Waals surface area contributed by atoms with Gasteiger partial charge in [0.2, 0.25) is 0 Å². The van der Waals surface area contributed by atoms with Crippen LogP contribution in [-0.4, -0.2) is 35.1 Å². The highest BCUT2D eigenvalue weighted by Crippen LogP contribution is 2.28. The number of aldehydes is 1. The molecule has 5 heteroatoms. The smallest absolute Gasteiger partial charge is 0.410 e. The second-order valence-electron chi connectivity index (χ2n) is 6.23. The van der Waals surface area contributed by atoms with Crippen molar-refractivity contribution in [1.29, 1.82) is 0 Å². The van der Waals surface area contributed by atoms with Gasteiger partial charge in [0, 0.05) is 31.3 Å². The van der Waals surface area contributed by atoms with Crippen LogP contribution in [-0.2, 0) is 9.59 Å². The molecule has 1 fully saturated rings. The Balaban J connectivity index is 2.14. The first-order chi connectivity index (χ1) is 11.7. The van der Waals surface area contributed by atoms with Crippen LogP contribution in [0.4, 0.5) is 4.79 Å². The van der Waals surface area contributed by atoms with Gasteiger partial charge in [-0.25, -0.2) is 4.79 Å². The van der Waals surface area contributed by atoms with Crippen LogP contribution in [0, 0.1) is 0 Å². The molecule has 0 N–H and O–H groups in total. The molecule has 2 atom stereocenters. The van der Waals surface area contributed by atoms with Crippen molar-refractivity contribution >= 4 is 18.2 Å². The molecule has 1 aliphatic rings. The molecule has 0 saturated carbocycles. The summed E-state index contributed by atoms with van der Waals surface area (Å²) in [5.74, 6) is 0.689. The number of carbonyl (C=O) groups excluding carboxylic acids is 3. The summed E-state index contributed by atoms with van der Waals surface area (Å²) < 4.78 is 5.51. The number of hydrogen-bond acceptors (Lipinski definition) is 4. The maximum absolute atomic E-state index is 12.7. The van der Waals surface area contributed by atoms with E-state index in [9.17, 15) is 14.4 Å². The number of Topliss-reactive ketones (excluding diaryl/α,β-unsaturated/α-hetero) is 1. The lowest BCUT2D eigenvalue weighted by molar-refractivity contribution is -0.124.